The Hall–Kier alpha value is -0.850. The summed E-state index contributed by atoms with van der Waals surface area (Å²) in [5.74, 6) is 0.495. The second-order valence-electron chi connectivity index (χ2n) is 8.38. The first-order valence-corrected chi connectivity index (χ1v) is 10.2. The largest absolute Gasteiger partial charge is 0.381 e. The van der Waals surface area contributed by atoms with E-state index in [0.717, 1.165) is 58.5 Å². The van der Waals surface area contributed by atoms with Crippen molar-refractivity contribution in [3.05, 3.63) is 0 Å². The molecule has 25 heavy (non-hydrogen) atoms. The SMILES string of the molecule is CN(C)C[C@@H]1CN(C2CCOCC2)C[C@H]1NC(=O)NC1CCCCC1. The number of hydrogen-bond donors (Lipinski definition) is 2. The summed E-state index contributed by atoms with van der Waals surface area (Å²) >= 11 is 0. The minimum Gasteiger partial charge on any atom is -0.381 e. The molecule has 2 atom stereocenters. The number of hydrogen-bond acceptors (Lipinski definition) is 4. The molecule has 2 aliphatic heterocycles. The lowest BCUT2D eigenvalue weighted by Crippen LogP contribution is -2.50. The lowest BCUT2D eigenvalue weighted by Gasteiger charge is -2.31. The average molecular weight is 353 g/mol. The summed E-state index contributed by atoms with van der Waals surface area (Å²) in [7, 11) is 4.24. The number of carbonyl (C=O) groups excluding carboxylic acids is 1. The van der Waals surface area contributed by atoms with Gasteiger partial charge in [0.2, 0.25) is 0 Å². The van der Waals surface area contributed by atoms with E-state index in [2.05, 4.69) is 34.5 Å². The van der Waals surface area contributed by atoms with Crippen molar-refractivity contribution in [2.45, 2.75) is 63.1 Å². The Balaban J connectivity index is 1.53. The van der Waals surface area contributed by atoms with E-state index in [0.29, 0.717) is 18.0 Å². The highest BCUT2D eigenvalue weighted by atomic mass is 16.5. The van der Waals surface area contributed by atoms with Crippen molar-refractivity contribution in [2.24, 2.45) is 5.92 Å². The van der Waals surface area contributed by atoms with E-state index < -0.39 is 0 Å². The van der Waals surface area contributed by atoms with Gasteiger partial charge in [-0.1, -0.05) is 19.3 Å². The maximum atomic E-state index is 12.5. The van der Waals surface area contributed by atoms with E-state index >= 15 is 0 Å². The molecule has 0 spiro atoms. The van der Waals surface area contributed by atoms with E-state index in [9.17, 15) is 4.79 Å². The van der Waals surface area contributed by atoms with Gasteiger partial charge in [-0.15, -0.1) is 0 Å². The molecular formula is C19H36N4O2. The number of rotatable bonds is 5. The van der Waals surface area contributed by atoms with Crippen LogP contribution in [0.15, 0.2) is 0 Å². The van der Waals surface area contributed by atoms with E-state index in [1.165, 1.54) is 19.3 Å². The highest BCUT2D eigenvalue weighted by Crippen LogP contribution is 2.25. The van der Waals surface area contributed by atoms with Crippen LogP contribution in [0.4, 0.5) is 4.79 Å². The smallest absolute Gasteiger partial charge is 0.315 e. The fourth-order valence-electron chi connectivity index (χ4n) is 4.71. The van der Waals surface area contributed by atoms with Gasteiger partial charge in [0.25, 0.3) is 0 Å². The number of amides is 2. The van der Waals surface area contributed by atoms with E-state index in [-0.39, 0.29) is 12.1 Å². The van der Waals surface area contributed by atoms with Gasteiger partial charge in [0.1, 0.15) is 0 Å². The van der Waals surface area contributed by atoms with Crippen LogP contribution in [0.25, 0.3) is 0 Å². The molecule has 0 bridgehead atoms. The quantitative estimate of drug-likeness (QED) is 0.790. The summed E-state index contributed by atoms with van der Waals surface area (Å²) in [5, 5.41) is 6.51. The Kier molecular flexibility index (Phi) is 6.96. The summed E-state index contributed by atoms with van der Waals surface area (Å²) in [6, 6.07) is 1.27. The van der Waals surface area contributed by atoms with Crippen molar-refractivity contribution < 1.29 is 9.53 Å². The molecule has 1 aliphatic carbocycles. The summed E-state index contributed by atoms with van der Waals surface area (Å²) < 4.78 is 5.51. The van der Waals surface area contributed by atoms with Crippen molar-refractivity contribution in [3.8, 4) is 0 Å². The van der Waals surface area contributed by atoms with Crippen LogP contribution in [-0.2, 0) is 4.74 Å². The molecule has 0 radical (unpaired) electrons. The van der Waals surface area contributed by atoms with E-state index in [4.69, 9.17) is 4.74 Å². The first-order chi connectivity index (χ1) is 12.1. The second kappa shape index (κ2) is 9.19. The van der Waals surface area contributed by atoms with Crippen molar-refractivity contribution >= 4 is 6.03 Å². The van der Waals surface area contributed by atoms with Crippen molar-refractivity contribution in [1.29, 1.82) is 0 Å². The van der Waals surface area contributed by atoms with Crippen LogP contribution in [0, 0.1) is 5.92 Å². The molecule has 3 rings (SSSR count). The third-order valence-electron chi connectivity index (χ3n) is 6.03. The molecule has 2 amide bonds. The Morgan fingerprint density at radius 1 is 1.04 bits per heavy atom. The maximum absolute atomic E-state index is 12.5. The van der Waals surface area contributed by atoms with Crippen LogP contribution in [0.3, 0.4) is 0 Å². The van der Waals surface area contributed by atoms with Gasteiger partial charge in [-0.25, -0.2) is 4.79 Å². The number of nitrogens with one attached hydrogen (secondary N) is 2. The summed E-state index contributed by atoms with van der Waals surface area (Å²) in [5.41, 5.74) is 0. The average Bonchev–Trinajstić information content (AvgIpc) is 2.98. The third kappa shape index (κ3) is 5.56. The fourth-order valence-corrected chi connectivity index (χ4v) is 4.71. The molecule has 3 aliphatic rings. The lowest BCUT2D eigenvalue weighted by molar-refractivity contribution is 0.0404. The zero-order valence-corrected chi connectivity index (χ0v) is 16.0. The number of nitrogens with zero attached hydrogens (tertiary/aromatic N) is 2. The molecule has 6 nitrogen and oxygen atoms in total. The third-order valence-corrected chi connectivity index (χ3v) is 6.03. The minimum absolute atomic E-state index is 0.0366. The number of ether oxygens (including phenoxy) is 1. The molecule has 144 valence electrons. The molecule has 2 saturated heterocycles. The van der Waals surface area contributed by atoms with Crippen molar-refractivity contribution in [2.75, 3.05) is 46.9 Å². The zero-order valence-electron chi connectivity index (χ0n) is 16.0. The molecule has 2 heterocycles. The first kappa shape index (κ1) is 18.9. The van der Waals surface area contributed by atoms with Gasteiger partial charge in [0, 0.05) is 56.9 Å². The van der Waals surface area contributed by atoms with Crippen LogP contribution >= 0.6 is 0 Å². The highest BCUT2D eigenvalue weighted by Gasteiger charge is 2.37. The molecule has 6 heteroatoms. The van der Waals surface area contributed by atoms with Gasteiger partial charge in [0.05, 0.1) is 0 Å². The van der Waals surface area contributed by atoms with Crippen LogP contribution < -0.4 is 10.6 Å². The molecule has 2 N–H and O–H groups in total. The topological polar surface area (TPSA) is 56.8 Å². The summed E-state index contributed by atoms with van der Waals surface area (Å²) in [6.07, 6.45) is 8.31. The standard InChI is InChI=1S/C19H36N4O2/c1-22(2)12-15-13-23(17-8-10-25-11-9-17)14-18(15)21-19(24)20-16-6-4-3-5-7-16/h15-18H,3-14H2,1-2H3,(H2,20,21,24)/t15-,18-/m1/s1. The van der Waals surface area contributed by atoms with Crippen LogP contribution in [0.5, 0.6) is 0 Å². The van der Waals surface area contributed by atoms with Gasteiger partial charge < -0.3 is 20.3 Å². The van der Waals surface area contributed by atoms with Gasteiger partial charge in [-0.3, -0.25) is 4.90 Å². The maximum Gasteiger partial charge on any atom is 0.315 e. The normalized spacial score (nSPS) is 29.9. The predicted octanol–water partition coefficient (Wildman–Crippen LogP) is 1.66. The minimum atomic E-state index is 0.0366. The second-order valence-corrected chi connectivity index (χ2v) is 8.38. The van der Waals surface area contributed by atoms with Crippen LogP contribution in [0.2, 0.25) is 0 Å². The zero-order chi connectivity index (χ0) is 17.6. The van der Waals surface area contributed by atoms with Crippen molar-refractivity contribution in [1.82, 2.24) is 20.4 Å². The fraction of sp³-hybridized carbons (Fsp3) is 0.947. The Morgan fingerprint density at radius 2 is 1.76 bits per heavy atom. The highest BCUT2D eigenvalue weighted by molar-refractivity contribution is 5.74. The van der Waals surface area contributed by atoms with Crippen LogP contribution in [-0.4, -0.2) is 80.9 Å². The van der Waals surface area contributed by atoms with E-state index in [1.807, 2.05) is 0 Å². The Bertz CT molecular complexity index is 420. The summed E-state index contributed by atoms with van der Waals surface area (Å²) in [4.78, 5) is 17.3. The van der Waals surface area contributed by atoms with Gasteiger partial charge in [-0.2, -0.15) is 0 Å². The molecule has 1 saturated carbocycles. The Morgan fingerprint density at radius 3 is 2.44 bits per heavy atom. The molecule has 3 fully saturated rings. The molecule has 0 unspecified atom stereocenters. The first-order valence-electron chi connectivity index (χ1n) is 10.2. The number of carbonyl (C=O) groups is 1. The number of likely N-dealkylation sites (tertiary alicyclic amines) is 1. The van der Waals surface area contributed by atoms with E-state index in [1.54, 1.807) is 0 Å². The molecular weight excluding hydrogens is 316 g/mol. The molecule has 0 aromatic heterocycles. The van der Waals surface area contributed by atoms with Crippen molar-refractivity contribution in [3.63, 3.8) is 0 Å². The van der Waals surface area contributed by atoms with Crippen LogP contribution in [0.1, 0.15) is 44.9 Å². The molecule has 0 aromatic carbocycles. The number of urea groups is 1. The predicted molar refractivity (Wildman–Crippen MR) is 99.8 cm³/mol. The van der Waals surface area contributed by atoms with Gasteiger partial charge in [-0.05, 0) is 39.8 Å². The lowest BCUT2D eigenvalue weighted by atomic mass is 9.96. The van der Waals surface area contributed by atoms with Gasteiger partial charge >= 0.3 is 6.03 Å². The van der Waals surface area contributed by atoms with Gasteiger partial charge in [0.15, 0.2) is 0 Å². The molecule has 0 aromatic rings. The monoisotopic (exact) mass is 352 g/mol. The Labute approximate surface area is 152 Å². The summed E-state index contributed by atoms with van der Waals surface area (Å²) in [6.45, 7) is 4.83.